The van der Waals surface area contributed by atoms with Gasteiger partial charge in [0.15, 0.2) is 23.7 Å². The van der Waals surface area contributed by atoms with Gasteiger partial charge in [-0.1, -0.05) is 6.92 Å². The molecule has 1 heterocycles. The zero-order chi connectivity index (χ0) is 18.6. The fraction of sp³-hybridized carbons (Fsp3) is 0.625. The molecular weight excluding hydrogens is 354 g/mol. The molecule has 1 aliphatic heterocycles. The van der Waals surface area contributed by atoms with Crippen molar-refractivity contribution in [3.05, 3.63) is 29.3 Å². The van der Waals surface area contributed by atoms with Gasteiger partial charge in [-0.2, -0.15) is 17.6 Å². The molecule has 1 aliphatic rings. The quantitative estimate of drug-likeness (QED) is 0.658. The minimum atomic E-state index is -4.98. The first kappa shape index (κ1) is 19.8. The molecule has 0 amide bonds. The molecule has 0 atom stereocenters. The van der Waals surface area contributed by atoms with Crippen LogP contribution in [0.1, 0.15) is 25.3 Å². The SMILES string of the molecule is CCC1COC(CCc2cc(F)c(OC(F)(F)C(F)F)c(F)c2)OC1. The Balaban J connectivity index is 1.97. The highest BCUT2D eigenvalue weighted by molar-refractivity contribution is 5.31. The Hall–Kier alpha value is -1.48. The summed E-state index contributed by atoms with van der Waals surface area (Å²) in [6.45, 7) is 3.06. The summed E-state index contributed by atoms with van der Waals surface area (Å²) in [4.78, 5) is 0. The smallest absolute Gasteiger partial charge is 0.422 e. The van der Waals surface area contributed by atoms with Crippen molar-refractivity contribution in [1.82, 2.24) is 0 Å². The fourth-order valence-corrected chi connectivity index (χ4v) is 2.30. The molecule has 0 bridgehead atoms. The van der Waals surface area contributed by atoms with Crippen LogP contribution in [0.4, 0.5) is 26.3 Å². The molecule has 0 spiro atoms. The lowest BCUT2D eigenvalue weighted by Crippen LogP contribution is -2.34. The van der Waals surface area contributed by atoms with Gasteiger partial charge < -0.3 is 14.2 Å². The van der Waals surface area contributed by atoms with Crippen molar-refractivity contribution in [2.24, 2.45) is 5.92 Å². The molecule has 142 valence electrons. The number of halogens is 6. The van der Waals surface area contributed by atoms with Crippen molar-refractivity contribution >= 4 is 0 Å². The molecule has 1 saturated heterocycles. The number of rotatable bonds is 7. The second kappa shape index (κ2) is 8.27. The summed E-state index contributed by atoms with van der Waals surface area (Å²) < 4.78 is 91.7. The van der Waals surface area contributed by atoms with Gasteiger partial charge in [0.05, 0.1) is 13.2 Å². The van der Waals surface area contributed by atoms with Crippen LogP contribution in [0.15, 0.2) is 12.1 Å². The molecular formula is C16H18F6O3. The van der Waals surface area contributed by atoms with Crippen LogP contribution in [0.25, 0.3) is 0 Å². The van der Waals surface area contributed by atoms with Gasteiger partial charge in [0.2, 0.25) is 0 Å². The van der Waals surface area contributed by atoms with Gasteiger partial charge in [0.25, 0.3) is 0 Å². The molecule has 2 rings (SSSR count). The predicted molar refractivity (Wildman–Crippen MR) is 75.7 cm³/mol. The van der Waals surface area contributed by atoms with Gasteiger partial charge in [0, 0.05) is 12.3 Å². The van der Waals surface area contributed by atoms with Gasteiger partial charge in [-0.25, -0.2) is 8.78 Å². The van der Waals surface area contributed by atoms with E-state index >= 15 is 0 Å². The highest BCUT2D eigenvalue weighted by atomic mass is 19.3. The maximum Gasteiger partial charge on any atom is 0.461 e. The van der Waals surface area contributed by atoms with E-state index in [1.807, 2.05) is 6.92 Å². The van der Waals surface area contributed by atoms with E-state index in [2.05, 4.69) is 4.74 Å². The van der Waals surface area contributed by atoms with Crippen LogP contribution in [0.3, 0.4) is 0 Å². The molecule has 9 heteroatoms. The van der Waals surface area contributed by atoms with E-state index in [4.69, 9.17) is 9.47 Å². The van der Waals surface area contributed by atoms with Crippen LogP contribution in [0.2, 0.25) is 0 Å². The third kappa shape index (κ3) is 5.24. The average Bonchev–Trinajstić information content (AvgIpc) is 2.56. The van der Waals surface area contributed by atoms with E-state index in [9.17, 15) is 26.3 Å². The molecule has 0 unspecified atom stereocenters. The Kier molecular flexibility index (Phi) is 6.56. The van der Waals surface area contributed by atoms with E-state index in [1.165, 1.54) is 0 Å². The van der Waals surface area contributed by atoms with Crippen LogP contribution in [0, 0.1) is 17.6 Å². The first-order valence-electron chi connectivity index (χ1n) is 7.79. The van der Waals surface area contributed by atoms with Crippen molar-refractivity contribution < 1.29 is 40.6 Å². The van der Waals surface area contributed by atoms with E-state index in [0.29, 0.717) is 25.6 Å². The van der Waals surface area contributed by atoms with Gasteiger partial charge in [-0.3, -0.25) is 0 Å². The fourth-order valence-electron chi connectivity index (χ4n) is 2.30. The Morgan fingerprint density at radius 2 is 1.72 bits per heavy atom. The Morgan fingerprint density at radius 1 is 1.16 bits per heavy atom. The maximum absolute atomic E-state index is 13.8. The van der Waals surface area contributed by atoms with Crippen molar-refractivity contribution in [3.63, 3.8) is 0 Å². The summed E-state index contributed by atoms with van der Waals surface area (Å²) >= 11 is 0. The Labute approximate surface area is 140 Å². The number of hydrogen-bond acceptors (Lipinski definition) is 3. The summed E-state index contributed by atoms with van der Waals surface area (Å²) in [5.74, 6) is -4.19. The molecule has 1 aromatic carbocycles. The van der Waals surface area contributed by atoms with Crippen molar-refractivity contribution in [2.75, 3.05) is 13.2 Å². The standard InChI is InChI=1S/C16H18F6O3/c1-2-9-7-23-13(24-8-9)4-3-10-5-11(17)14(12(18)6-10)25-16(21,22)15(19)20/h5-6,9,13,15H,2-4,7-8H2,1H3. The number of ether oxygens (including phenoxy) is 3. The van der Waals surface area contributed by atoms with Crippen molar-refractivity contribution in [3.8, 4) is 5.75 Å². The zero-order valence-corrected chi connectivity index (χ0v) is 13.4. The third-order valence-corrected chi connectivity index (χ3v) is 3.83. The summed E-state index contributed by atoms with van der Waals surface area (Å²) in [5, 5.41) is 0. The first-order chi connectivity index (χ1) is 11.7. The zero-order valence-electron chi connectivity index (χ0n) is 13.4. The number of aryl methyl sites for hydroxylation is 1. The minimum Gasteiger partial charge on any atom is -0.422 e. The second-order valence-corrected chi connectivity index (χ2v) is 5.76. The van der Waals surface area contributed by atoms with Gasteiger partial charge in [-0.15, -0.1) is 0 Å². The largest absolute Gasteiger partial charge is 0.461 e. The lowest BCUT2D eigenvalue weighted by Gasteiger charge is -2.28. The van der Waals surface area contributed by atoms with Crippen LogP contribution in [0.5, 0.6) is 5.75 Å². The van der Waals surface area contributed by atoms with E-state index in [1.54, 1.807) is 0 Å². The molecule has 3 nitrogen and oxygen atoms in total. The predicted octanol–water partition coefficient (Wildman–Crippen LogP) is 4.53. The first-order valence-corrected chi connectivity index (χ1v) is 7.79. The van der Waals surface area contributed by atoms with E-state index in [0.717, 1.165) is 18.6 Å². The maximum atomic E-state index is 13.8. The van der Waals surface area contributed by atoms with Crippen LogP contribution in [-0.2, 0) is 15.9 Å². The average molecular weight is 372 g/mol. The van der Waals surface area contributed by atoms with Crippen molar-refractivity contribution in [2.45, 2.75) is 45.0 Å². The van der Waals surface area contributed by atoms with E-state index in [-0.39, 0.29) is 12.0 Å². The number of hydrogen-bond donors (Lipinski definition) is 0. The van der Waals surface area contributed by atoms with Gasteiger partial charge >= 0.3 is 12.5 Å². The lowest BCUT2D eigenvalue weighted by atomic mass is 10.1. The summed E-state index contributed by atoms with van der Waals surface area (Å²) in [6.07, 6.45) is -8.34. The molecule has 0 radical (unpaired) electrons. The molecule has 0 saturated carbocycles. The molecule has 0 aliphatic carbocycles. The second-order valence-electron chi connectivity index (χ2n) is 5.76. The highest BCUT2D eigenvalue weighted by Gasteiger charge is 2.45. The third-order valence-electron chi connectivity index (χ3n) is 3.83. The topological polar surface area (TPSA) is 27.7 Å². The number of benzene rings is 1. The molecule has 0 aromatic heterocycles. The lowest BCUT2D eigenvalue weighted by molar-refractivity contribution is -0.255. The van der Waals surface area contributed by atoms with Gasteiger partial charge in [-0.05, 0) is 30.5 Å². The summed E-state index contributed by atoms with van der Waals surface area (Å²) in [6, 6.07) is 1.52. The Morgan fingerprint density at radius 3 is 2.20 bits per heavy atom. The summed E-state index contributed by atoms with van der Waals surface area (Å²) in [5.41, 5.74) is 0.146. The Bertz CT molecular complexity index is 550. The van der Waals surface area contributed by atoms with Crippen LogP contribution < -0.4 is 4.74 Å². The molecule has 0 N–H and O–H groups in total. The molecule has 1 fully saturated rings. The van der Waals surface area contributed by atoms with Crippen LogP contribution >= 0.6 is 0 Å². The monoisotopic (exact) mass is 372 g/mol. The molecule has 25 heavy (non-hydrogen) atoms. The number of alkyl halides is 4. The normalized spacial score (nSPS) is 21.6. The minimum absolute atomic E-state index is 0.146. The highest BCUT2D eigenvalue weighted by Crippen LogP contribution is 2.32. The van der Waals surface area contributed by atoms with Gasteiger partial charge in [0.1, 0.15) is 0 Å². The van der Waals surface area contributed by atoms with Crippen molar-refractivity contribution in [1.29, 1.82) is 0 Å². The molecule has 1 aromatic rings. The van der Waals surface area contributed by atoms with Crippen LogP contribution in [-0.4, -0.2) is 32.0 Å². The summed E-state index contributed by atoms with van der Waals surface area (Å²) in [7, 11) is 0. The van der Waals surface area contributed by atoms with E-state index < -0.39 is 36.2 Å².